The number of aliphatic carboxylic acids is 1. The summed E-state index contributed by atoms with van der Waals surface area (Å²) in [7, 11) is 0. The Morgan fingerprint density at radius 1 is 1.04 bits per heavy atom. The van der Waals surface area contributed by atoms with E-state index in [1.54, 1.807) is 48.5 Å². The number of rotatable bonds is 9. The van der Waals surface area contributed by atoms with Crippen molar-refractivity contribution in [3.63, 3.8) is 0 Å². The standard InChI is InChI=1S/C19H20O6/c20-12-13-24-15-8-6-14(7-9-15)19(23)17(10-11-18(21)22)25-16-4-2-1-3-5-16/h1-11,17,19-20,23H,12-13H2,(H,21,22)/b11-10+/t17-,19-/m0/s1. The monoisotopic (exact) mass is 344 g/mol. The molecule has 2 aromatic rings. The van der Waals surface area contributed by atoms with E-state index in [1.807, 2.05) is 6.07 Å². The van der Waals surface area contributed by atoms with Gasteiger partial charge in [0, 0.05) is 6.08 Å². The highest BCUT2D eigenvalue weighted by molar-refractivity contribution is 5.79. The van der Waals surface area contributed by atoms with Gasteiger partial charge in [-0.2, -0.15) is 0 Å². The smallest absolute Gasteiger partial charge is 0.328 e. The first kappa shape index (κ1) is 18.5. The molecule has 0 saturated heterocycles. The van der Waals surface area contributed by atoms with E-state index in [0.29, 0.717) is 17.1 Å². The highest BCUT2D eigenvalue weighted by Crippen LogP contribution is 2.25. The van der Waals surface area contributed by atoms with Crippen molar-refractivity contribution < 1.29 is 29.6 Å². The SMILES string of the molecule is O=C(O)/C=C/[C@H](Oc1ccccc1)[C@@H](O)c1ccc(OCCO)cc1. The Labute approximate surface area is 145 Å². The lowest BCUT2D eigenvalue weighted by molar-refractivity contribution is -0.131. The van der Waals surface area contributed by atoms with Gasteiger partial charge in [0.1, 0.15) is 30.3 Å². The minimum Gasteiger partial charge on any atom is -0.491 e. The van der Waals surface area contributed by atoms with Gasteiger partial charge in [0.25, 0.3) is 0 Å². The fourth-order valence-electron chi connectivity index (χ4n) is 2.16. The minimum absolute atomic E-state index is 0.0860. The van der Waals surface area contributed by atoms with Gasteiger partial charge in [-0.25, -0.2) is 4.79 Å². The van der Waals surface area contributed by atoms with Crippen LogP contribution in [0, 0.1) is 0 Å². The topological polar surface area (TPSA) is 96.2 Å². The Morgan fingerprint density at radius 2 is 1.72 bits per heavy atom. The van der Waals surface area contributed by atoms with E-state index >= 15 is 0 Å². The zero-order chi connectivity index (χ0) is 18.1. The molecule has 2 aromatic carbocycles. The van der Waals surface area contributed by atoms with Gasteiger partial charge in [-0.15, -0.1) is 0 Å². The summed E-state index contributed by atoms with van der Waals surface area (Å²) in [6.45, 7) is 0.0976. The van der Waals surface area contributed by atoms with Crippen LogP contribution in [-0.2, 0) is 4.79 Å². The molecule has 0 aliphatic rings. The second kappa shape index (κ2) is 9.46. The molecule has 0 amide bonds. The van der Waals surface area contributed by atoms with Crippen LogP contribution in [0.15, 0.2) is 66.7 Å². The molecule has 6 nitrogen and oxygen atoms in total. The van der Waals surface area contributed by atoms with Crippen molar-refractivity contribution in [1.82, 2.24) is 0 Å². The van der Waals surface area contributed by atoms with Gasteiger partial charge in [0.15, 0.2) is 0 Å². The van der Waals surface area contributed by atoms with Gasteiger partial charge in [-0.05, 0) is 35.9 Å². The lowest BCUT2D eigenvalue weighted by Crippen LogP contribution is -2.23. The van der Waals surface area contributed by atoms with Crippen LogP contribution >= 0.6 is 0 Å². The third kappa shape index (κ3) is 5.95. The van der Waals surface area contributed by atoms with Crippen molar-refractivity contribution in [3.05, 3.63) is 72.3 Å². The average molecular weight is 344 g/mol. The van der Waals surface area contributed by atoms with Crippen molar-refractivity contribution in [3.8, 4) is 11.5 Å². The molecule has 6 heteroatoms. The van der Waals surface area contributed by atoms with Crippen LogP contribution in [0.1, 0.15) is 11.7 Å². The first-order valence-corrected chi connectivity index (χ1v) is 7.74. The van der Waals surface area contributed by atoms with Gasteiger partial charge in [-0.1, -0.05) is 30.3 Å². The maximum Gasteiger partial charge on any atom is 0.328 e. The molecule has 0 aromatic heterocycles. The van der Waals surface area contributed by atoms with Crippen LogP contribution in [-0.4, -0.2) is 40.6 Å². The number of hydrogen-bond acceptors (Lipinski definition) is 5. The summed E-state index contributed by atoms with van der Waals surface area (Å²) in [6, 6.07) is 15.5. The van der Waals surface area contributed by atoms with Crippen molar-refractivity contribution in [2.24, 2.45) is 0 Å². The Balaban J connectivity index is 2.15. The maximum absolute atomic E-state index is 10.8. The fraction of sp³-hybridized carbons (Fsp3) is 0.211. The van der Waals surface area contributed by atoms with Crippen molar-refractivity contribution in [1.29, 1.82) is 0 Å². The number of carbonyl (C=O) groups is 1. The summed E-state index contributed by atoms with van der Waals surface area (Å²) < 4.78 is 11.0. The Kier molecular flexibility index (Phi) is 7.00. The van der Waals surface area contributed by atoms with Gasteiger partial charge in [0.2, 0.25) is 0 Å². The molecule has 2 atom stereocenters. The second-order valence-corrected chi connectivity index (χ2v) is 5.18. The molecular weight excluding hydrogens is 324 g/mol. The number of benzene rings is 2. The molecule has 0 aliphatic carbocycles. The third-order valence-corrected chi connectivity index (χ3v) is 3.34. The molecular formula is C19H20O6. The molecule has 0 unspecified atom stereocenters. The molecule has 0 spiro atoms. The zero-order valence-electron chi connectivity index (χ0n) is 13.5. The van der Waals surface area contributed by atoms with Gasteiger partial charge in [-0.3, -0.25) is 0 Å². The normalized spacial score (nSPS) is 13.4. The largest absolute Gasteiger partial charge is 0.491 e. The zero-order valence-corrected chi connectivity index (χ0v) is 13.5. The lowest BCUT2D eigenvalue weighted by Gasteiger charge is -2.22. The molecule has 0 bridgehead atoms. The van der Waals surface area contributed by atoms with Crippen LogP contribution in [0.2, 0.25) is 0 Å². The summed E-state index contributed by atoms with van der Waals surface area (Å²) in [6.07, 6.45) is 0.302. The van der Waals surface area contributed by atoms with Crippen molar-refractivity contribution in [2.45, 2.75) is 12.2 Å². The molecule has 0 fully saturated rings. The number of aliphatic hydroxyl groups excluding tert-OH is 2. The number of carboxylic acid groups (broad SMARTS) is 1. The predicted octanol–water partition coefficient (Wildman–Crippen LogP) is 2.18. The number of hydrogen-bond donors (Lipinski definition) is 3. The highest BCUT2D eigenvalue weighted by Gasteiger charge is 2.21. The second-order valence-electron chi connectivity index (χ2n) is 5.18. The Morgan fingerprint density at radius 3 is 2.32 bits per heavy atom. The Bertz CT molecular complexity index is 681. The van der Waals surface area contributed by atoms with Crippen LogP contribution in [0.5, 0.6) is 11.5 Å². The first-order chi connectivity index (χ1) is 12.1. The minimum atomic E-state index is -1.12. The number of para-hydroxylation sites is 1. The Hall–Kier alpha value is -2.83. The lowest BCUT2D eigenvalue weighted by atomic mass is 10.0. The fourth-order valence-corrected chi connectivity index (χ4v) is 2.16. The molecule has 25 heavy (non-hydrogen) atoms. The van der Waals surface area contributed by atoms with E-state index in [2.05, 4.69) is 0 Å². The van der Waals surface area contributed by atoms with E-state index in [1.165, 1.54) is 6.08 Å². The molecule has 0 aliphatic heterocycles. The summed E-state index contributed by atoms with van der Waals surface area (Å²) in [5.41, 5.74) is 0.548. The summed E-state index contributed by atoms with van der Waals surface area (Å²) in [5.74, 6) is -0.0438. The molecule has 0 heterocycles. The van der Waals surface area contributed by atoms with E-state index in [9.17, 15) is 9.90 Å². The van der Waals surface area contributed by atoms with Gasteiger partial charge < -0.3 is 24.8 Å². The quantitative estimate of drug-likeness (QED) is 0.604. The van der Waals surface area contributed by atoms with Gasteiger partial charge in [0.05, 0.1) is 6.61 Å². The van der Waals surface area contributed by atoms with E-state index in [-0.39, 0.29) is 13.2 Å². The average Bonchev–Trinajstić information content (AvgIpc) is 2.64. The first-order valence-electron chi connectivity index (χ1n) is 7.74. The van der Waals surface area contributed by atoms with Crippen molar-refractivity contribution >= 4 is 5.97 Å². The van der Waals surface area contributed by atoms with E-state index in [0.717, 1.165) is 6.08 Å². The summed E-state index contributed by atoms with van der Waals surface area (Å²) >= 11 is 0. The molecule has 2 rings (SSSR count). The predicted molar refractivity (Wildman–Crippen MR) is 91.6 cm³/mol. The van der Waals surface area contributed by atoms with Crippen molar-refractivity contribution in [2.75, 3.05) is 13.2 Å². The molecule has 132 valence electrons. The number of aliphatic hydroxyl groups is 2. The molecule has 0 saturated carbocycles. The van der Waals surface area contributed by atoms with Crippen LogP contribution in [0.25, 0.3) is 0 Å². The maximum atomic E-state index is 10.8. The van der Waals surface area contributed by atoms with E-state index in [4.69, 9.17) is 19.7 Å². The third-order valence-electron chi connectivity index (χ3n) is 3.34. The van der Waals surface area contributed by atoms with Gasteiger partial charge >= 0.3 is 5.97 Å². The van der Waals surface area contributed by atoms with Crippen LogP contribution < -0.4 is 9.47 Å². The number of ether oxygens (including phenoxy) is 2. The summed E-state index contributed by atoms with van der Waals surface area (Å²) in [4.78, 5) is 10.8. The van der Waals surface area contributed by atoms with E-state index < -0.39 is 18.2 Å². The molecule has 0 radical (unpaired) electrons. The number of carboxylic acids is 1. The van der Waals surface area contributed by atoms with Crippen LogP contribution in [0.3, 0.4) is 0 Å². The molecule has 3 N–H and O–H groups in total. The highest BCUT2D eigenvalue weighted by atomic mass is 16.5. The summed E-state index contributed by atoms with van der Waals surface area (Å²) in [5, 5.41) is 28.2. The van der Waals surface area contributed by atoms with Crippen LogP contribution in [0.4, 0.5) is 0 Å².